The summed E-state index contributed by atoms with van der Waals surface area (Å²) < 4.78 is 14.5. The highest BCUT2D eigenvalue weighted by Gasteiger charge is 2.44. The van der Waals surface area contributed by atoms with Crippen LogP contribution >= 0.6 is 0 Å². The van der Waals surface area contributed by atoms with Crippen molar-refractivity contribution in [2.24, 2.45) is 11.1 Å². The van der Waals surface area contributed by atoms with E-state index in [0.29, 0.717) is 24.3 Å². The summed E-state index contributed by atoms with van der Waals surface area (Å²) in [5.74, 6) is -0.633. The van der Waals surface area contributed by atoms with Crippen LogP contribution in [0.3, 0.4) is 0 Å². The van der Waals surface area contributed by atoms with E-state index in [2.05, 4.69) is 5.32 Å². The fourth-order valence-electron chi connectivity index (χ4n) is 5.24. The van der Waals surface area contributed by atoms with Crippen molar-refractivity contribution in [1.29, 1.82) is 0 Å². The molecule has 7 heteroatoms. The second kappa shape index (κ2) is 10.6. The van der Waals surface area contributed by atoms with E-state index in [1.165, 1.54) is 25.3 Å². The molecule has 0 unspecified atom stereocenters. The average molecular weight is 468 g/mol. The van der Waals surface area contributed by atoms with Gasteiger partial charge in [0.25, 0.3) is 0 Å². The topological polar surface area (TPSA) is 95.7 Å². The van der Waals surface area contributed by atoms with E-state index < -0.39 is 5.91 Å². The zero-order chi connectivity index (χ0) is 24.1. The Labute approximate surface area is 200 Å². The van der Waals surface area contributed by atoms with E-state index in [1.807, 2.05) is 17.0 Å². The summed E-state index contributed by atoms with van der Waals surface area (Å²) in [5, 5.41) is 11.8. The third kappa shape index (κ3) is 5.41. The summed E-state index contributed by atoms with van der Waals surface area (Å²) in [5.41, 5.74) is 7.68. The highest BCUT2D eigenvalue weighted by molar-refractivity contribution is 5.94. The smallest absolute Gasteiger partial charge is 0.248 e. The van der Waals surface area contributed by atoms with Crippen LogP contribution in [0, 0.1) is 11.2 Å². The second-order valence-corrected chi connectivity index (χ2v) is 9.68. The third-order valence-corrected chi connectivity index (χ3v) is 7.43. The SMILES string of the molecule is NC(=O)c1cccc(-c2ccc(F)c(N3CCC4(CCNC4=O)CC3)c2)c1.OC1CCCCC1. The Bertz CT molecular complexity index is 1030. The van der Waals surface area contributed by atoms with Crippen LogP contribution in [-0.2, 0) is 4.79 Å². The number of hydrogen-bond acceptors (Lipinski definition) is 4. The largest absolute Gasteiger partial charge is 0.393 e. The van der Waals surface area contributed by atoms with Crippen LogP contribution in [0.25, 0.3) is 11.1 Å². The monoisotopic (exact) mass is 467 g/mol. The molecule has 5 rings (SSSR count). The lowest BCUT2D eigenvalue weighted by Crippen LogP contribution is -2.44. The average Bonchev–Trinajstić information content (AvgIpc) is 3.20. The number of halogens is 1. The van der Waals surface area contributed by atoms with Crippen LogP contribution < -0.4 is 16.0 Å². The number of hydrogen-bond donors (Lipinski definition) is 3. The Hall–Kier alpha value is -2.93. The minimum atomic E-state index is -0.490. The van der Waals surface area contributed by atoms with Gasteiger partial charge in [-0.05, 0) is 67.5 Å². The minimum absolute atomic E-state index is 0.0359. The molecule has 4 N–H and O–H groups in total. The molecule has 1 saturated carbocycles. The molecule has 0 bridgehead atoms. The van der Waals surface area contributed by atoms with E-state index in [-0.39, 0.29) is 23.2 Å². The van der Waals surface area contributed by atoms with E-state index in [4.69, 9.17) is 10.8 Å². The number of carbonyl (C=O) groups is 2. The molecule has 6 nitrogen and oxygen atoms in total. The molecule has 2 saturated heterocycles. The normalized spacial score (nSPS) is 19.9. The lowest BCUT2D eigenvalue weighted by Gasteiger charge is -2.38. The Morgan fingerprint density at radius 2 is 1.74 bits per heavy atom. The van der Waals surface area contributed by atoms with Crippen molar-refractivity contribution < 1.29 is 19.1 Å². The summed E-state index contributed by atoms with van der Waals surface area (Å²) in [4.78, 5) is 25.6. The van der Waals surface area contributed by atoms with Crippen LogP contribution in [0.5, 0.6) is 0 Å². The van der Waals surface area contributed by atoms with Crippen LogP contribution in [-0.4, -0.2) is 42.7 Å². The molecule has 2 heterocycles. The van der Waals surface area contributed by atoms with Crippen molar-refractivity contribution in [3.05, 3.63) is 53.8 Å². The molecule has 3 aliphatic rings. The van der Waals surface area contributed by atoms with Gasteiger partial charge in [0.05, 0.1) is 17.2 Å². The maximum atomic E-state index is 14.5. The first-order valence-electron chi connectivity index (χ1n) is 12.3. The second-order valence-electron chi connectivity index (χ2n) is 9.68. The van der Waals surface area contributed by atoms with E-state index in [1.54, 1.807) is 24.3 Å². The van der Waals surface area contributed by atoms with Gasteiger partial charge in [-0.3, -0.25) is 9.59 Å². The van der Waals surface area contributed by atoms with Crippen molar-refractivity contribution >= 4 is 17.5 Å². The van der Waals surface area contributed by atoms with E-state index >= 15 is 0 Å². The molecule has 2 aromatic rings. The summed E-state index contributed by atoms with van der Waals surface area (Å²) in [7, 11) is 0. The highest BCUT2D eigenvalue weighted by Crippen LogP contribution is 2.40. The molecule has 3 fully saturated rings. The maximum absolute atomic E-state index is 14.5. The molecule has 182 valence electrons. The standard InChI is InChI=1S/C21H22FN3O2.C6H12O/c22-17-5-4-15(14-2-1-3-16(12-14)19(23)26)13-18(17)25-10-7-21(8-11-25)6-9-24-20(21)27;7-6-4-2-1-3-5-6/h1-5,12-13H,6-11H2,(H2,23,26)(H,24,27);6-7H,1-5H2. The fourth-order valence-corrected chi connectivity index (χ4v) is 5.24. The first kappa shape index (κ1) is 24.2. The van der Waals surface area contributed by atoms with Gasteiger partial charge in [0.1, 0.15) is 5.82 Å². The van der Waals surface area contributed by atoms with E-state index in [9.17, 15) is 14.0 Å². The first-order chi connectivity index (χ1) is 16.4. The quantitative estimate of drug-likeness (QED) is 0.636. The van der Waals surface area contributed by atoms with Crippen LogP contribution in [0.15, 0.2) is 42.5 Å². The molecule has 1 spiro atoms. The van der Waals surface area contributed by atoms with E-state index in [0.717, 1.165) is 49.8 Å². The summed E-state index contributed by atoms with van der Waals surface area (Å²) >= 11 is 0. The minimum Gasteiger partial charge on any atom is -0.393 e. The van der Waals surface area contributed by atoms with Gasteiger partial charge in [-0.1, -0.05) is 37.5 Å². The van der Waals surface area contributed by atoms with Crippen molar-refractivity contribution in [3.63, 3.8) is 0 Å². The zero-order valence-corrected chi connectivity index (χ0v) is 19.6. The van der Waals surface area contributed by atoms with Crippen LogP contribution in [0.1, 0.15) is 61.7 Å². The number of benzene rings is 2. The van der Waals surface area contributed by atoms with Gasteiger partial charge in [0, 0.05) is 25.2 Å². The van der Waals surface area contributed by atoms with Gasteiger partial charge in [-0.2, -0.15) is 0 Å². The summed E-state index contributed by atoms with van der Waals surface area (Å²) in [6.07, 6.45) is 8.26. The van der Waals surface area contributed by atoms with Gasteiger partial charge in [-0.25, -0.2) is 4.39 Å². The number of primary amides is 1. The lowest BCUT2D eigenvalue weighted by atomic mass is 9.77. The maximum Gasteiger partial charge on any atom is 0.248 e. The molecule has 1 aliphatic carbocycles. The lowest BCUT2D eigenvalue weighted by molar-refractivity contribution is -0.128. The number of rotatable bonds is 3. The Morgan fingerprint density at radius 1 is 1.03 bits per heavy atom. The zero-order valence-electron chi connectivity index (χ0n) is 19.6. The summed E-state index contributed by atoms with van der Waals surface area (Å²) in [6, 6.07) is 12.0. The Balaban J connectivity index is 0.000000336. The van der Waals surface area contributed by atoms with Crippen molar-refractivity contribution in [2.45, 2.75) is 57.5 Å². The number of nitrogens with two attached hydrogens (primary N) is 1. The first-order valence-corrected chi connectivity index (χ1v) is 12.3. The van der Waals surface area contributed by atoms with Gasteiger partial charge in [-0.15, -0.1) is 0 Å². The van der Waals surface area contributed by atoms with Gasteiger partial charge < -0.3 is 21.1 Å². The fraction of sp³-hybridized carbons (Fsp3) is 0.481. The predicted molar refractivity (Wildman–Crippen MR) is 131 cm³/mol. The molecule has 2 amide bonds. The third-order valence-electron chi connectivity index (χ3n) is 7.43. The number of aliphatic hydroxyl groups excluding tert-OH is 1. The Morgan fingerprint density at radius 3 is 2.32 bits per heavy atom. The predicted octanol–water partition coefficient (Wildman–Crippen LogP) is 4.01. The van der Waals surface area contributed by atoms with Gasteiger partial charge in [0.15, 0.2) is 0 Å². The van der Waals surface area contributed by atoms with Crippen LogP contribution in [0.4, 0.5) is 10.1 Å². The van der Waals surface area contributed by atoms with Crippen molar-refractivity contribution in [2.75, 3.05) is 24.5 Å². The number of piperidine rings is 1. The highest BCUT2D eigenvalue weighted by atomic mass is 19.1. The number of nitrogens with zero attached hydrogens (tertiary/aromatic N) is 1. The number of amides is 2. The van der Waals surface area contributed by atoms with Crippen molar-refractivity contribution in [3.8, 4) is 11.1 Å². The molecule has 0 atom stereocenters. The number of carbonyl (C=O) groups excluding carboxylic acids is 2. The summed E-state index contributed by atoms with van der Waals surface area (Å²) in [6.45, 7) is 2.03. The molecule has 2 aromatic carbocycles. The number of nitrogens with one attached hydrogen (secondary N) is 1. The van der Waals surface area contributed by atoms with Crippen molar-refractivity contribution in [1.82, 2.24) is 5.32 Å². The molecular weight excluding hydrogens is 433 g/mol. The van der Waals surface area contributed by atoms with Crippen LogP contribution in [0.2, 0.25) is 0 Å². The number of aliphatic hydroxyl groups is 1. The van der Waals surface area contributed by atoms with Gasteiger partial charge in [0.2, 0.25) is 11.8 Å². The molecular formula is C27H34FN3O3. The van der Waals surface area contributed by atoms with Gasteiger partial charge >= 0.3 is 0 Å². The molecule has 0 radical (unpaired) electrons. The number of anilines is 1. The Kier molecular flexibility index (Phi) is 7.51. The molecule has 2 aliphatic heterocycles. The molecule has 0 aromatic heterocycles. The molecule has 34 heavy (non-hydrogen) atoms.